The fourth-order valence-corrected chi connectivity index (χ4v) is 1.61. The summed E-state index contributed by atoms with van der Waals surface area (Å²) in [7, 11) is 0. The first-order valence-corrected chi connectivity index (χ1v) is 6.01. The number of hydrogen-bond donors (Lipinski definition) is 1. The van der Waals surface area contributed by atoms with Gasteiger partial charge in [0.05, 0.1) is 6.10 Å². The van der Waals surface area contributed by atoms with Crippen molar-refractivity contribution in [3.63, 3.8) is 0 Å². The summed E-state index contributed by atoms with van der Waals surface area (Å²) in [5.41, 5.74) is 0.511. The highest BCUT2D eigenvalue weighted by Gasteiger charge is 2.12. The summed E-state index contributed by atoms with van der Waals surface area (Å²) in [4.78, 5) is 0. The van der Waals surface area contributed by atoms with Crippen molar-refractivity contribution in [2.24, 2.45) is 0 Å². The SMILES string of the molecule is CCc1nnc(COc2cc(F)ccc2[C@@H](C)O)o1. The van der Waals surface area contributed by atoms with E-state index in [0.717, 1.165) is 0 Å². The highest BCUT2D eigenvalue weighted by Crippen LogP contribution is 2.26. The summed E-state index contributed by atoms with van der Waals surface area (Å²) in [5.74, 6) is 0.677. The molecule has 1 heterocycles. The lowest BCUT2D eigenvalue weighted by molar-refractivity contribution is 0.186. The van der Waals surface area contributed by atoms with Crippen LogP contribution in [0.2, 0.25) is 0 Å². The van der Waals surface area contributed by atoms with Crippen molar-refractivity contribution in [1.29, 1.82) is 0 Å². The second-order valence-corrected chi connectivity index (χ2v) is 4.09. The van der Waals surface area contributed by atoms with E-state index in [4.69, 9.17) is 9.15 Å². The molecule has 0 fully saturated rings. The van der Waals surface area contributed by atoms with Gasteiger partial charge in [-0.3, -0.25) is 0 Å². The lowest BCUT2D eigenvalue weighted by Crippen LogP contribution is -2.02. The molecule has 0 aliphatic carbocycles. The van der Waals surface area contributed by atoms with E-state index in [1.54, 1.807) is 6.92 Å². The molecule has 0 spiro atoms. The van der Waals surface area contributed by atoms with Crippen molar-refractivity contribution in [3.8, 4) is 5.75 Å². The van der Waals surface area contributed by atoms with Crippen LogP contribution in [0.1, 0.15) is 37.3 Å². The molecule has 1 atom stereocenters. The Labute approximate surface area is 110 Å². The zero-order chi connectivity index (χ0) is 13.8. The quantitative estimate of drug-likeness (QED) is 0.900. The van der Waals surface area contributed by atoms with Crippen LogP contribution in [0.25, 0.3) is 0 Å². The maximum Gasteiger partial charge on any atom is 0.253 e. The number of rotatable bonds is 5. The van der Waals surface area contributed by atoms with Crippen LogP contribution in [0.5, 0.6) is 5.75 Å². The highest BCUT2D eigenvalue weighted by molar-refractivity contribution is 5.35. The average Bonchev–Trinajstić information content (AvgIpc) is 2.84. The van der Waals surface area contributed by atoms with Gasteiger partial charge in [-0.1, -0.05) is 6.92 Å². The van der Waals surface area contributed by atoms with Crippen molar-refractivity contribution >= 4 is 0 Å². The Morgan fingerprint density at radius 1 is 1.37 bits per heavy atom. The van der Waals surface area contributed by atoms with E-state index in [2.05, 4.69) is 10.2 Å². The summed E-state index contributed by atoms with van der Waals surface area (Å²) < 4.78 is 23.9. The molecule has 5 nitrogen and oxygen atoms in total. The average molecular weight is 266 g/mol. The minimum absolute atomic E-state index is 0.0379. The second-order valence-electron chi connectivity index (χ2n) is 4.09. The number of aliphatic hydroxyl groups excluding tert-OH is 1. The Bertz CT molecular complexity index is 555. The molecule has 1 aromatic carbocycles. The molecule has 0 aliphatic rings. The number of aliphatic hydroxyl groups is 1. The maximum atomic E-state index is 13.2. The van der Waals surface area contributed by atoms with Gasteiger partial charge < -0.3 is 14.3 Å². The van der Waals surface area contributed by atoms with Gasteiger partial charge >= 0.3 is 0 Å². The first kappa shape index (κ1) is 13.5. The van der Waals surface area contributed by atoms with Gasteiger partial charge in [0.15, 0.2) is 6.61 Å². The van der Waals surface area contributed by atoms with Crippen molar-refractivity contribution in [2.45, 2.75) is 33.0 Å². The number of nitrogens with zero attached hydrogens (tertiary/aromatic N) is 2. The minimum Gasteiger partial charge on any atom is -0.483 e. The Kier molecular flexibility index (Phi) is 4.11. The molecule has 19 heavy (non-hydrogen) atoms. The van der Waals surface area contributed by atoms with E-state index in [9.17, 15) is 9.50 Å². The Morgan fingerprint density at radius 3 is 2.74 bits per heavy atom. The molecule has 0 bridgehead atoms. The number of halogens is 1. The molecule has 0 unspecified atom stereocenters. The van der Waals surface area contributed by atoms with E-state index in [1.807, 2.05) is 6.92 Å². The molecule has 1 aromatic heterocycles. The van der Waals surface area contributed by atoms with Crippen LogP contribution in [0, 0.1) is 5.82 Å². The van der Waals surface area contributed by atoms with Crippen LogP contribution in [-0.2, 0) is 13.0 Å². The van der Waals surface area contributed by atoms with Gasteiger partial charge in [0.1, 0.15) is 11.6 Å². The summed E-state index contributed by atoms with van der Waals surface area (Å²) in [6, 6.07) is 3.98. The Hall–Kier alpha value is -1.95. The number of benzene rings is 1. The molecule has 2 rings (SSSR count). The number of aromatic nitrogens is 2. The zero-order valence-electron chi connectivity index (χ0n) is 10.8. The fourth-order valence-electron chi connectivity index (χ4n) is 1.61. The third kappa shape index (κ3) is 3.29. The van der Waals surface area contributed by atoms with Gasteiger partial charge in [0.25, 0.3) is 5.89 Å². The zero-order valence-corrected chi connectivity index (χ0v) is 10.8. The minimum atomic E-state index is -0.746. The lowest BCUT2D eigenvalue weighted by Gasteiger charge is -2.12. The van der Waals surface area contributed by atoms with E-state index < -0.39 is 11.9 Å². The lowest BCUT2D eigenvalue weighted by atomic mass is 10.1. The Balaban J connectivity index is 2.12. The number of hydrogen-bond acceptors (Lipinski definition) is 5. The molecule has 2 aromatic rings. The predicted molar refractivity (Wildman–Crippen MR) is 65.0 cm³/mol. The normalized spacial score (nSPS) is 12.4. The van der Waals surface area contributed by atoms with E-state index >= 15 is 0 Å². The van der Waals surface area contributed by atoms with E-state index in [-0.39, 0.29) is 12.4 Å². The highest BCUT2D eigenvalue weighted by atomic mass is 19.1. The number of ether oxygens (including phenoxy) is 1. The summed E-state index contributed by atoms with van der Waals surface area (Å²) in [6.07, 6.45) is -0.101. The van der Waals surface area contributed by atoms with E-state index in [0.29, 0.717) is 23.8 Å². The van der Waals surface area contributed by atoms with Crippen molar-refractivity contribution in [2.75, 3.05) is 0 Å². The predicted octanol–water partition coefficient (Wildman–Crippen LogP) is 2.40. The van der Waals surface area contributed by atoms with Gasteiger partial charge in [-0.25, -0.2) is 4.39 Å². The molecule has 1 N–H and O–H groups in total. The standard InChI is InChI=1S/C13H15FN2O3/c1-3-12-15-16-13(19-12)7-18-11-6-9(14)4-5-10(11)8(2)17/h4-6,8,17H,3,7H2,1-2H3/t8-/m1/s1. The van der Waals surface area contributed by atoms with Gasteiger partial charge in [-0.15, -0.1) is 10.2 Å². The van der Waals surface area contributed by atoms with Crippen molar-refractivity contribution in [3.05, 3.63) is 41.4 Å². The first-order valence-electron chi connectivity index (χ1n) is 6.01. The number of aryl methyl sites for hydroxylation is 1. The smallest absolute Gasteiger partial charge is 0.253 e. The van der Waals surface area contributed by atoms with Crippen LogP contribution in [0.15, 0.2) is 22.6 Å². The summed E-state index contributed by atoms with van der Waals surface area (Å²) in [5, 5.41) is 17.2. The van der Waals surface area contributed by atoms with Gasteiger partial charge in [0, 0.05) is 18.1 Å². The van der Waals surface area contributed by atoms with Gasteiger partial charge in [-0.2, -0.15) is 0 Å². The van der Waals surface area contributed by atoms with Gasteiger partial charge in [0.2, 0.25) is 5.89 Å². The molecular formula is C13H15FN2O3. The van der Waals surface area contributed by atoms with Gasteiger partial charge in [-0.05, 0) is 19.1 Å². The van der Waals surface area contributed by atoms with Crippen LogP contribution in [0.3, 0.4) is 0 Å². The largest absolute Gasteiger partial charge is 0.483 e. The molecule has 0 saturated carbocycles. The third-order valence-corrected chi connectivity index (χ3v) is 2.59. The van der Waals surface area contributed by atoms with Crippen LogP contribution >= 0.6 is 0 Å². The van der Waals surface area contributed by atoms with Crippen LogP contribution in [0.4, 0.5) is 4.39 Å². The third-order valence-electron chi connectivity index (χ3n) is 2.59. The molecule has 0 aliphatic heterocycles. The topological polar surface area (TPSA) is 68.4 Å². The molecular weight excluding hydrogens is 251 g/mol. The molecule has 0 amide bonds. The van der Waals surface area contributed by atoms with Crippen LogP contribution < -0.4 is 4.74 Å². The Morgan fingerprint density at radius 2 is 2.11 bits per heavy atom. The van der Waals surface area contributed by atoms with E-state index in [1.165, 1.54) is 18.2 Å². The molecule has 6 heteroatoms. The van der Waals surface area contributed by atoms with Crippen molar-refractivity contribution < 1.29 is 18.7 Å². The molecule has 0 radical (unpaired) electrons. The monoisotopic (exact) mass is 266 g/mol. The fraction of sp³-hybridized carbons (Fsp3) is 0.385. The molecule has 102 valence electrons. The van der Waals surface area contributed by atoms with Crippen LogP contribution in [-0.4, -0.2) is 15.3 Å². The second kappa shape index (κ2) is 5.79. The van der Waals surface area contributed by atoms with Crippen molar-refractivity contribution in [1.82, 2.24) is 10.2 Å². The maximum absolute atomic E-state index is 13.2. The summed E-state index contributed by atoms with van der Waals surface area (Å²) in [6.45, 7) is 3.52. The summed E-state index contributed by atoms with van der Waals surface area (Å²) >= 11 is 0. The first-order chi connectivity index (χ1) is 9.10. The molecule has 0 saturated heterocycles.